The van der Waals surface area contributed by atoms with Crippen molar-refractivity contribution in [3.63, 3.8) is 0 Å². The lowest BCUT2D eigenvalue weighted by atomic mass is 9.90. The summed E-state index contributed by atoms with van der Waals surface area (Å²) in [5.41, 5.74) is 4.72. The molecule has 1 unspecified atom stereocenters. The number of allylic oxidation sites excluding steroid dienone is 1. The molecule has 202 valence electrons. The number of carbonyl (C=O) groups is 1. The van der Waals surface area contributed by atoms with E-state index >= 15 is 0 Å². The second-order valence-corrected chi connectivity index (χ2v) is 11.9. The molecule has 0 bridgehead atoms. The predicted molar refractivity (Wildman–Crippen MR) is 154 cm³/mol. The van der Waals surface area contributed by atoms with Gasteiger partial charge in [0.05, 0.1) is 23.9 Å². The van der Waals surface area contributed by atoms with E-state index in [9.17, 15) is 4.79 Å². The molecule has 38 heavy (non-hydrogen) atoms. The Bertz CT molecular complexity index is 1300. The second kappa shape index (κ2) is 11.3. The fourth-order valence-electron chi connectivity index (χ4n) is 4.79. The zero-order valence-corrected chi connectivity index (χ0v) is 23.6. The molecule has 1 saturated heterocycles. The SMILES string of the molecule is COC1CCCN(c2cccc(-c3csc(NC(CNC(=O)c4ccn(C(C)(C)C)c4)=C4CCC4)n3)n2)C1. The summed E-state index contributed by atoms with van der Waals surface area (Å²) >= 11 is 1.56. The summed E-state index contributed by atoms with van der Waals surface area (Å²) in [7, 11) is 1.78. The Kier molecular flexibility index (Phi) is 7.85. The molecule has 1 amide bonds. The van der Waals surface area contributed by atoms with Gasteiger partial charge in [-0.05, 0) is 76.6 Å². The molecule has 1 saturated carbocycles. The maximum atomic E-state index is 12.9. The third-order valence-corrected chi connectivity index (χ3v) is 8.09. The number of hydrogen-bond acceptors (Lipinski definition) is 7. The van der Waals surface area contributed by atoms with Crippen molar-refractivity contribution in [2.24, 2.45) is 0 Å². The number of ether oxygens (including phenoxy) is 1. The number of rotatable bonds is 8. The largest absolute Gasteiger partial charge is 0.380 e. The molecular weight excluding hydrogens is 496 g/mol. The summed E-state index contributed by atoms with van der Waals surface area (Å²) in [6.45, 7) is 8.67. The molecule has 1 aliphatic carbocycles. The monoisotopic (exact) mass is 534 g/mol. The van der Waals surface area contributed by atoms with Crippen LogP contribution in [0.4, 0.5) is 10.9 Å². The highest BCUT2D eigenvalue weighted by Gasteiger charge is 2.22. The van der Waals surface area contributed by atoms with E-state index in [0.29, 0.717) is 12.1 Å². The average molecular weight is 535 g/mol. The van der Waals surface area contributed by atoms with Gasteiger partial charge in [0.25, 0.3) is 5.91 Å². The quantitative estimate of drug-likeness (QED) is 0.388. The van der Waals surface area contributed by atoms with Gasteiger partial charge >= 0.3 is 0 Å². The van der Waals surface area contributed by atoms with Gasteiger partial charge in [-0.2, -0.15) is 0 Å². The molecule has 1 aliphatic heterocycles. The lowest BCUT2D eigenvalue weighted by Gasteiger charge is -2.32. The van der Waals surface area contributed by atoms with Gasteiger partial charge in [-0.25, -0.2) is 9.97 Å². The Labute approximate surface area is 229 Å². The van der Waals surface area contributed by atoms with E-state index in [2.05, 4.69) is 46.9 Å². The van der Waals surface area contributed by atoms with Crippen molar-refractivity contribution < 1.29 is 9.53 Å². The van der Waals surface area contributed by atoms with Crippen LogP contribution < -0.4 is 15.5 Å². The van der Waals surface area contributed by atoms with Gasteiger partial charge in [-0.15, -0.1) is 11.3 Å². The van der Waals surface area contributed by atoms with Crippen molar-refractivity contribution in [2.45, 2.75) is 64.5 Å². The van der Waals surface area contributed by atoms with Crippen LogP contribution in [0.5, 0.6) is 0 Å². The lowest BCUT2D eigenvalue weighted by Crippen LogP contribution is -2.39. The average Bonchev–Trinajstić information content (AvgIpc) is 3.57. The summed E-state index contributed by atoms with van der Waals surface area (Å²) < 4.78 is 7.65. The minimum Gasteiger partial charge on any atom is -0.380 e. The van der Waals surface area contributed by atoms with Crippen LogP contribution in [0.15, 0.2) is 53.3 Å². The normalized spacial score (nSPS) is 17.7. The van der Waals surface area contributed by atoms with E-state index in [-0.39, 0.29) is 17.6 Å². The second-order valence-electron chi connectivity index (χ2n) is 11.1. The molecule has 1 atom stereocenters. The maximum Gasteiger partial charge on any atom is 0.253 e. The Morgan fingerprint density at radius 1 is 1.16 bits per heavy atom. The van der Waals surface area contributed by atoms with Crippen LogP contribution in [-0.2, 0) is 10.3 Å². The summed E-state index contributed by atoms with van der Waals surface area (Å²) in [5, 5.41) is 9.46. The van der Waals surface area contributed by atoms with Crippen LogP contribution >= 0.6 is 11.3 Å². The third-order valence-electron chi connectivity index (χ3n) is 7.33. The highest BCUT2D eigenvalue weighted by Crippen LogP contribution is 2.31. The first-order chi connectivity index (χ1) is 18.3. The van der Waals surface area contributed by atoms with E-state index < -0.39 is 0 Å². The van der Waals surface area contributed by atoms with E-state index in [0.717, 1.165) is 66.8 Å². The summed E-state index contributed by atoms with van der Waals surface area (Å²) in [6.07, 6.45) is 9.61. The highest BCUT2D eigenvalue weighted by molar-refractivity contribution is 7.14. The number of piperidine rings is 1. The molecule has 8 nitrogen and oxygen atoms in total. The Morgan fingerprint density at radius 2 is 2.00 bits per heavy atom. The third kappa shape index (κ3) is 6.10. The van der Waals surface area contributed by atoms with Crippen LogP contribution in [0.3, 0.4) is 0 Å². The number of aromatic nitrogens is 3. The topological polar surface area (TPSA) is 84.3 Å². The Hall–Kier alpha value is -3.17. The number of amides is 1. The van der Waals surface area contributed by atoms with Crippen LogP contribution in [0.1, 0.15) is 63.2 Å². The van der Waals surface area contributed by atoms with Gasteiger partial charge in [-0.3, -0.25) is 4.79 Å². The molecule has 2 N–H and O–H groups in total. The van der Waals surface area contributed by atoms with Crippen molar-refractivity contribution in [1.82, 2.24) is 19.9 Å². The Balaban J connectivity index is 1.25. The molecule has 9 heteroatoms. The highest BCUT2D eigenvalue weighted by atomic mass is 32.1. The predicted octanol–water partition coefficient (Wildman–Crippen LogP) is 5.66. The summed E-state index contributed by atoms with van der Waals surface area (Å²) in [5.74, 6) is 0.897. The van der Waals surface area contributed by atoms with Gasteiger partial charge < -0.3 is 24.8 Å². The van der Waals surface area contributed by atoms with Crippen molar-refractivity contribution in [2.75, 3.05) is 37.0 Å². The van der Waals surface area contributed by atoms with E-state index in [4.69, 9.17) is 14.7 Å². The zero-order valence-electron chi connectivity index (χ0n) is 22.8. The fourth-order valence-corrected chi connectivity index (χ4v) is 5.52. The van der Waals surface area contributed by atoms with Crippen LogP contribution in [-0.4, -0.2) is 53.3 Å². The van der Waals surface area contributed by atoms with Crippen molar-refractivity contribution >= 4 is 28.2 Å². The number of pyridine rings is 1. The lowest BCUT2D eigenvalue weighted by molar-refractivity contribution is 0.0891. The summed E-state index contributed by atoms with van der Waals surface area (Å²) in [6, 6.07) is 7.99. The number of nitrogens with zero attached hydrogens (tertiary/aromatic N) is 4. The number of hydrogen-bond donors (Lipinski definition) is 2. The maximum absolute atomic E-state index is 12.9. The van der Waals surface area contributed by atoms with Crippen LogP contribution in [0.2, 0.25) is 0 Å². The number of anilines is 2. The first-order valence-corrected chi connectivity index (χ1v) is 14.3. The molecule has 3 aromatic heterocycles. The number of thiazole rings is 1. The number of methoxy groups -OCH3 is 1. The number of nitrogens with one attached hydrogen (secondary N) is 2. The zero-order chi connectivity index (χ0) is 26.7. The van der Waals surface area contributed by atoms with Gasteiger partial charge in [0.1, 0.15) is 11.5 Å². The molecule has 4 heterocycles. The molecule has 2 aliphatic rings. The standard InChI is InChI=1S/C29H38N6O2S/c1-29(2,3)35-15-13-21(17-35)27(36)30-16-24(20-8-5-9-20)32-28-33-25(19-38-28)23-11-6-12-26(31-23)34-14-7-10-22(18-34)37-4/h6,11-13,15,17,19,22H,5,7-10,14,16,18H2,1-4H3,(H,30,36)(H,32,33). The van der Waals surface area contributed by atoms with Gasteiger partial charge in [0.2, 0.25) is 0 Å². The molecule has 0 spiro atoms. The molecule has 3 aromatic rings. The molecule has 5 rings (SSSR count). The van der Waals surface area contributed by atoms with Crippen LogP contribution in [0, 0.1) is 0 Å². The van der Waals surface area contributed by atoms with Crippen molar-refractivity contribution in [3.05, 3.63) is 58.9 Å². The minimum absolute atomic E-state index is 0.0593. The van der Waals surface area contributed by atoms with Crippen LogP contribution in [0.25, 0.3) is 11.4 Å². The van der Waals surface area contributed by atoms with Gasteiger partial charge in [-0.1, -0.05) is 6.07 Å². The molecule has 0 aromatic carbocycles. The van der Waals surface area contributed by atoms with Crippen molar-refractivity contribution in [3.8, 4) is 11.4 Å². The van der Waals surface area contributed by atoms with E-state index in [1.807, 2.05) is 36.0 Å². The Morgan fingerprint density at radius 3 is 2.71 bits per heavy atom. The minimum atomic E-state index is -0.0681. The van der Waals surface area contributed by atoms with Crippen molar-refractivity contribution in [1.29, 1.82) is 0 Å². The number of carbonyl (C=O) groups excluding carboxylic acids is 1. The first kappa shape index (κ1) is 26.4. The molecule has 2 fully saturated rings. The smallest absolute Gasteiger partial charge is 0.253 e. The van der Waals surface area contributed by atoms with E-state index in [1.54, 1.807) is 18.4 Å². The van der Waals surface area contributed by atoms with Gasteiger partial charge in [0.15, 0.2) is 5.13 Å². The van der Waals surface area contributed by atoms with Gasteiger partial charge in [0, 0.05) is 49.2 Å². The summed E-state index contributed by atoms with van der Waals surface area (Å²) in [4.78, 5) is 24.9. The fraction of sp³-hybridized carbons (Fsp3) is 0.483. The molecular formula is C29H38N6O2S. The van der Waals surface area contributed by atoms with E-state index in [1.165, 1.54) is 12.0 Å². The first-order valence-electron chi connectivity index (χ1n) is 13.5. The molecule has 0 radical (unpaired) electrons.